The van der Waals surface area contributed by atoms with Crippen molar-refractivity contribution >= 4 is 21.6 Å². The number of ether oxygens (including phenoxy) is 1. The molecule has 2 aromatic rings. The Labute approximate surface area is 123 Å². The number of rotatable bonds is 3. The van der Waals surface area contributed by atoms with Crippen molar-refractivity contribution in [3.05, 3.63) is 16.8 Å². The number of nitrogens with zero attached hydrogens (tertiary/aromatic N) is 2. The van der Waals surface area contributed by atoms with Crippen molar-refractivity contribution in [2.75, 3.05) is 7.05 Å². The summed E-state index contributed by atoms with van der Waals surface area (Å²) in [6, 6.07) is 0.644. The van der Waals surface area contributed by atoms with Gasteiger partial charge in [-0.1, -0.05) is 0 Å². The summed E-state index contributed by atoms with van der Waals surface area (Å²) in [7, 11) is 2.04. The lowest BCUT2D eigenvalue weighted by molar-refractivity contribution is 0.138. The van der Waals surface area contributed by atoms with Crippen molar-refractivity contribution in [3.63, 3.8) is 0 Å². The van der Waals surface area contributed by atoms with Gasteiger partial charge in [0, 0.05) is 10.9 Å². The maximum atomic E-state index is 6.18. The van der Waals surface area contributed by atoms with Crippen molar-refractivity contribution in [1.29, 1.82) is 0 Å². The molecule has 0 spiro atoms. The molecule has 0 radical (unpaired) electrons. The van der Waals surface area contributed by atoms with Gasteiger partial charge < -0.3 is 10.1 Å². The summed E-state index contributed by atoms with van der Waals surface area (Å²) in [6.45, 7) is 4.26. The molecule has 2 heterocycles. The Morgan fingerprint density at radius 2 is 1.95 bits per heavy atom. The van der Waals surface area contributed by atoms with Crippen molar-refractivity contribution in [1.82, 2.24) is 15.3 Å². The zero-order valence-corrected chi connectivity index (χ0v) is 13.1. The first kappa shape index (κ1) is 13.8. The second-order valence-electron chi connectivity index (χ2n) is 5.52. The molecular weight excluding hydrogens is 270 g/mol. The van der Waals surface area contributed by atoms with E-state index in [1.165, 1.54) is 23.3 Å². The van der Waals surface area contributed by atoms with Gasteiger partial charge in [0.1, 0.15) is 17.3 Å². The lowest BCUT2D eigenvalue weighted by atomic mass is 9.93. The molecule has 2 aromatic heterocycles. The quantitative estimate of drug-likeness (QED) is 0.943. The zero-order valence-electron chi connectivity index (χ0n) is 12.3. The molecule has 4 nitrogen and oxygen atoms in total. The van der Waals surface area contributed by atoms with Crippen molar-refractivity contribution in [3.8, 4) is 5.88 Å². The second-order valence-corrected chi connectivity index (χ2v) is 6.73. The molecule has 0 unspecified atom stereocenters. The molecule has 5 heteroatoms. The van der Waals surface area contributed by atoms with Crippen LogP contribution in [0.3, 0.4) is 0 Å². The molecule has 1 saturated carbocycles. The SMILES string of the molecule is CNC1CCC(Oc2ncnc3sc(C)c(C)c23)CC1. The molecule has 3 rings (SSSR count). The van der Waals surface area contributed by atoms with Gasteiger partial charge in [0.25, 0.3) is 0 Å². The van der Waals surface area contributed by atoms with E-state index in [2.05, 4.69) is 29.1 Å². The van der Waals surface area contributed by atoms with Crippen LogP contribution < -0.4 is 10.1 Å². The Morgan fingerprint density at radius 1 is 1.20 bits per heavy atom. The van der Waals surface area contributed by atoms with Crippen LogP contribution in [0.1, 0.15) is 36.1 Å². The molecule has 1 N–H and O–H groups in total. The minimum absolute atomic E-state index is 0.289. The molecule has 0 saturated heterocycles. The number of hydrogen-bond donors (Lipinski definition) is 1. The van der Waals surface area contributed by atoms with Gasteiger partial charge in [0.15, 0.2) is 0 Å². The number of thiophene rings is 1. The van der Waals surface area contributed by atoms with Gasteiger partial charge in [-0.05, 0) is 52.1 Å². The normalized spacial score (nSPS) is 23.1. The zero-order chi connectivity index (χ0) is 14.1. The van der Waals surface area contributed by atoms with Gasteiger partial charge in [0.05, 0.1) is 5.39 Å². The second kappa shape index (κ2) is 5.66. The standard InChI is InChI=1S/C15H21N3OS/c1-9-10(2)20-15-13(9)14(17-8-18-15)19-12-6-4-11(16-3)5-7-12/h8,11-12,16H,4-7H2,1-3H3. The fourth-order valence-corrected chi connectivity index (χ4v) is 3.85. The molecule has 108 valence electrons. The van der Waals surface area contributed by atoms with E-state index >= 15 is 0 Å². The Morgan fingerprint density at radius 3 is 2.65 bits per heavy atom. The Kier molecular flexibility index (Phi) is 3.89. The van der Waals surface area contributed by atoms with Crippen molar-refractivity contribution < 1.29 is 4.74 Å². The summed E-state index contributed by atoms with van der Waals surface area (Å²) in [4.78, 5) is 11.1. The van der Waals surface area contributed by atoms with Crippen LogP contribution >= 0.6 is 11.3 Å². The van der Waals surface area contributed by atoms with Gasteiger partial charge in [-0.25, -0.2) is 9.97 Å². The largest absolute Gasteiger partial charge is 0.474 e. The summed E-state index contributed by atoms with van der Waals surface area (Å²) >= 11 is 1.72. The third kappa shape index (κ3) is 2.52. The van der Waals surface area contributed by atoms with Crippen LogP contribution in [0.2, 0.25) is 0 Å². The third-order valence-electron chi connectivity index (χ3n) is 4.29. The molecular formula is C15H21N3OS. The number of nitrogens with one attached hydrogen (secondary N) is 1. The average molecular weight is 291 g/mol. The highest BCUT2D eigenvalue weighted by molar-refractivity contribution is 7.18. The van der Waals surface area contributed by atoms with E-state index in [0.717, 1.165) is 28.9 Å². The van der Waals surface area contributed by atoms with Crippen LogP contribution in [0.15, 0.2) is 6.33 Å². The van der Waals surface area contributed by atoms with E-state index in [0.29, 0.717) is 6.04 Å². The third-order valence-corrected chi connectivity index (χ3v) is 5.41. The molecule has 0 amide bonds. The molecule has 0 bridgehead atoms. The van der Waals surface area contributed by atoms with Gasteiger partial charge in [0.2, 0.25) is 5.88 Å². The Hall–Kier alpha value is -1.20. The topological polar surface area (TPSA) is 47.0 Å². The molecule has 20 heavy (non-hydrogen) atoms. The highest BCUT2D eigenvalue weighted by Gasteiger charge is 2.23. The summed E-state index contributed by atoms with van der Waals surface area (Å²) in [5.74, 6) is 0.768. The Bertz CT molecular complexity index is 602. The van der Waals surface area contributed by atoms with Crippen LogP contribution in [0.4, 0.5) is 0 Å². The summed E-state index contributed by atoms with van der Waals surface area (Å²) in [5, 5.41) is 4.45. The van der Waals surface area contributed by atoms with Crippen LogP contribution in [0.5, 0.6) is 5.88 Å². The predicted octanol–water partition coefficient (Wildman–Crippen LogP) is 3.22. The van der Waals surface area contributed by atoms with Gasteiger partial charge in [-0.15, -0.1) is 11.3 Å². The highest BCUT2D eigenvalue weighted by Crippen LogP contribution is 2.35. The molecule has 1 aliphatic carbocycles. The molecule has 0 atom stereocenters. The van der Waals surface area contributed by atoms with E-state index in [9.17, 15) is 0 Å². The lowest BCUT2D eigenvalue weighted by Crippen LogP contribution is -2.34. The van der Waals surface area contributed by atoms with Gasteiger partial charge in [-0.2, -0.15) is 0 Å². The van der Waals surface area contributed by atoms with Gasteiger partial charge >= 0.3 is 0 Å². The average Bonchev–Trinajstić information content (AvgIpc) is 2.76. The highest BCUT2D eigenvalue weighted by atomic mass is 32.1. The molecule has 0 aromatic carbocycles. The number of hydrogen-bond acceptors (Lipinski definition) is 5. The van der Waals surface area contributed by atoms with E-state index in [1.807, 2.05) is 7.05 Å². The van der Waals surface area contributed by atoms with Gasteiger partial charge in [-0.3, -0.25) is 0 Å². The summed E-state index contributed by atoms with van der Waals surface area (Å²) in [6.07, 6.45) is 6.45. The van der Waals surface area contributed by atoms with Crippen LogP contribution in [0.25, 0.3) is 10.2 Å². The Balaban J connectivity index is 1.81. The van der Waals surface area contributed by atoms with Crippen molar-refractivity contribution in [2.45, 2.75) is 51.7 Å². The molecule has 0 aliphatic heterocycles. The summed E-state index contributed by atoms with van der Waals surface area (Å²) in [5.41, 5.74) is 1.25. The van der Waals surface area contributed by atoms with Crippen LogP contribution in [-0.2, 0) is 0 Å². The first-order chi connectivity index (χ1) is 9.69. The number of aromatic nitrogens is 2. The van der Waals surface area contributed by atoms with Crippen LogP contribution in [-0.4, -0.2) is 29.2 Å². The van der Waals surface area contributed by atoms with E-state index < -0.39 is 0 Å². The maximum Gasteiger partial charge on any atom is 0.225 e. The van der Waals surface area contributed by atoms with E-state index in [1.54, 1.807) is 17.7 Å². The fraction of sp³-hybridized carbons (Fsp3) is 0.600. The minimum atomic E-state index is 0.289. The lowest BCUT2D eigenvalue weighted by Gasteiger charge is -2.28. The number of fused-ring (bicyclic) bond motifs is 1. The molecule has 1 fully saturated rings. The monoisotopic (exact) mass is 291 g/mol. The van der Waals surface area contributed by atoms with Crippen LogP contribution in [0, 0.1) is 13.8 Å². The van der Waals surface area contributed by atoms with Crippen molar-refractivity contribution in [2.24, 2.45) is 0 Å². The minimum Gasteiger partial charge on any atom is -0.474 e. The summed E-state index contributed by atoms with van der Waals surface area (Å²) < 4.78 is 6.18. The first-order valence-electron chi connectivity index (χ1n) is 7.23. The fourth-order valence-electron chi connectivity index (χ4n) is 2.87. The maximum absolute atomic E-state index is 6.18. The smallest absolute Gasteiger partial charge is 0.225 e. The van der Waals surface area contributed by atoms with E-state index in [4.69, 9.17) is 4.74 Å². The van der Waals surface area contributed by atoms with E-state index in [-0.39, 0.29) is 6.10 Å². The first-order valence-corrected chi connectivity index (χ1v) is 8.05. The predicted molar refractivity (Wildman–Crippen MR) is 82.6 cm³/mol. The molecule has 1 aliphatic rings. The number of aryl methyl sites for hydroxylation is 2.